The fourth-order valence-corrected chi connectivity index (χ4v) is 5.15. The number of fused-ring (bicyclic) bond motifs is 2. The maximum atomic E-state index is 4.28. The second kappa shape index (κ2) is 10.5. The van der Waals surface area contributed by atoms with Crippen LogP contribution in [0.2, 0.25) is 0 Å². The summed E-state index contributed by atoms with van der Waals surface area (Å²) in [5, 5.41) is 11.7. The summed E-state index contributed by atoms with van der Waals surface area (Å²) in [6.45, 7) is 12.8. The minimum atomic E-state index is 0.414. The molecule has 1 N–H and O–H groups in total. The molecular formula is C28H34N8. The van der Waals surface area contributed by atoms with Crippen molar-refractivity contribution in [3.63, 3.8) is 0 Å². The van der Waals surface area contributed by atoms with Gasteiger partial charge in [0.1, 0.15) is 18.2 Å². The molecule has 6 rings (SSSR count). The highest BCUT2D eigenvalue weighted by atomic mass is 15.3. The van der Waals surface area contributed by atoms with E-state index in [0.29, 0.717) is 5.92 Å². The van der Waals surface area contributed by atoms with Gasteiger partial charge in [-0.05, 0) is 62.1 Å². The van der Waals surface area contributed by atoms with Crippen LogP contribution in [-0.4, -0.2) is 55.4 Å². The lowest BCUT2D eigenvalue weighted by Crippen LogP contribution is -2.43. The Balaban J connectivity index is 0.000000152. The molecule has 0 radical (unpaired) electrons. The van der Waals surface area contributed by atoms with Gasteiger partial charge < -0.3 is 10.2 Å². The summed E-state index contributed by atoms with van der Waals surface area (Å²) < 4.78 is 3.71. The molecule has 36 heavy (non-hydrogen) atoms. The summed E-state index contributed by atoms with van der Waals surface area (Å²) in [5.74, 6) is 0.414. The number of piperazine rings is 1. The fraction of sp³-hybridized carbons (Fsp3) is 0.357. The van der Waals surface area contributed by atoms with Crippen molar-refractivity contribution in [2.24, 2.45) is 0 Å². The topological polar surface area (TPSA) is 75.6 Å². The first-order chi connectivity index (χ1) is 17.5. The molecule has 5 aromatic rings. The number of aryl methyl sites for hydroxylation is 3. The molecule has 1 saturated heterocycles. The molecule has 0 amide bonds. The van der Waals surface area contributed by atoms with E-state index in [1.54, 1.807) is 17.2 Å². The maximum absolute atomic E-state index is 4.28. The van der Waals surface area contributed by atoms with Gasteiger partial charge in [-0.2, -0.15) is 10.2 Å². The van der Waals surface area contributed by atoms with Gasteiger partial charge in [0.25, 0.3) is 0 Å². The van der Waals surface area contributed by atoms with Crippen LogP contribution in [0.4, 0.5) is 5.69 Å². The van der Waals surface area contributed by atoms with Gasteiger partial charge in [0.15, 0.2) is 5.65 Å². The van der Waals surface area contributed by atoms with E-state index in [-0.39, 0.29) is 0 Å². The summed E-state index contributed by atoms with van der Waals surface area (Å²) in [7, 11) is 0. The fourth-order valence-electron chi connectivity index (χ4n) is 5.15. The smallest absolute Gasteiger partial charge is 0.155 e. The number of anilines is 1. The minimum absolute atomic E-state index is 0.414. The van der Waals surface area contributed by atoms with Crippen molar-refractivity contribution in [3.05, 3.63) is 89.4 Å². The van der Waals surface area contributed by atoms with E-state index in [4.69, 9.17) is 0 Å². The van der Waals surface area contributed by atoms with Gasteiger partial charge in [0.05, 0.1) is 11.4 Å². The Morgan fingerprint density at radius 2 is 1.64 bits per heavy atom. The molecule has 1 aliphatic heterocycles. The second-order valence-electron chi connectivity index (χ2n) is 9.42. The molecule has 1 fully saturated rings. The molecule has 1 unspecified atom stereocenters. The Bertz CT molecular complexity index is 1460. The van der Waals surface area contributed by atoms with Crippen molar-refractivity contribution < 1.29 is 0 Å². The number of hydrogen-bond donors (Lipinski definition) is 1. The third-order valence-electron chi connectivity index (χ3n) is 6.99. The average molecular weight is 483 g/mol. The van der Waals surface area contributed by atoms with Crippen LogP contribution in [0.5, 0.6) is 0 Å². The van der Waals surface area contributed by atoms with Crippen molar-refractivity contribution in [1.29, 1.82) is 0 Å². The van der Waals surface area contributed by atoms with Crippen molar-refractivity contribution in [2.75, 3.05) is 31.1 Å². The maximum Gasteiger partial charge on any atom is 0.155 e. The van der Waals surface area contributed by atoms with Crippen LogP contribution >= 0.6 is 0 Å². The van der Waals surface area contributed by atoms with Gasteiger partial charge in [-0.1, -0.05) is 30.7 Å². The summed E-state index contributed by atoms with van der Waals surface area (Å²) in [6, 6.07) is 13.1. The van der Waals surface area contributed by atoms with E-state index in [0.717, 1.165) is 49.5 Å². The monoisotopic (exact) mass is 482 g/mol. The molecule has 1 atom stereocenters. The Morgan fingerprint density at radius 3 is 2.42 bits per heavy atom. The van der Waals surface area contributed by atoms with E-state index < -0.39 is 0 Å². The largest absolute Gasteiger partial charge is 0.367 e. The van der Waals surface area contributed by atoms with E-state index in [1.807, 2.05) is 23.8 Å². The third-order valence-corrected chi connectivity index (χ3v) is 6.99. The number of aromatic nitrogens is 6. The highest BCUT2D eigenvalue weighted by Gasteiger charge is 2.16. The Morgan fingerprint density at radius 1 is 0.889 bits per heavy atom. The van der Waals surface area contributed by atoms with Gasteiger partial charge in [-0.25, -0.2) is 19.0 Å². The van der Waals surface area contributed by atoms with Crippen molar-refractivity contribution in [1.82, 2.24) is 34.5 Å². The van der Waals surface area contributed by atoms with Crippen molar-refractivity contribution in [2.45, 2.75) is 40.0 Å². The predicted molar refractivity (Wildman–Crippen MR) is 144 cm³/mol. The first-order valence-corrected chi connectivity index (χ1v) is 12.7. The molecule has 8 nitrogen and oxygen atoms in total. The summed E-state index contributed by atoms with van der Waals surface area (Å²) in [5.41, 5.74) is 9.71. The van der Waals surface area contributed by atoms with Crippen LogP contribution in [0.25, 0.3) is 11.2 Å². The standard InChI is InChI=1S/C17H19N3.C11H15N5/c1-4-15(16-6-5-12(2)9-13(16)3)14-7-8-20-17(10-14)18-11-19-20;1-9-11-10(15-6-3-12-4-7-15)2-5-16(11)14-8-13-9/h5-11,15H,4H2,1-3H3;2,5,8,12H,3-4,6-7H2,1H3. The quantitative estimate of drug-likeness (QED) is 0.411. The van der Waals surface area contributed by atoms with Gasteiger partial charge in [-0.3, -0.25) is 0 Å². The summed E-state index contributed by atoms with van der Waals surface area (Å²) in [4.78, 5) is 10.9. The van der Waals surface area contributed by atoms with Crippen molar-refractivity contribution >= 4 is 16.9 Å². The Labute approximate surface area is 212 Å². The van der Waals surface area contributed by atoms with E-state index in [1.165, 1.54) is 27.9 Å². The molecule has 4 aromatic heterocycles. The number of benzene rings is 1. The van der Waals surface area contributed by atoms with Crippen molar-refractivity contribution in [3.8, 4) is 0 Å². The molecule has 5 heterocycles. The lowest BCUT2D eigenvalue weighted by molar-refractivity contribution is 0.590. The first kappa shape index (κ1) is 23.9. The van der Waals surface area contributed by atoms with Gasteiger partial charge in [-0.15, -0.1) is 0 Å². The number of nitrogens with one attached hydrogen (secondary N) is 1. The van der Waals surface area contributed by atoms with Crippen LogP contribution in [0.15, 0.2) is 61.4 Å². The SMILES string of the molecule is CCC(c1ccn2ncnc2c1)c1ccc(C)cc1C.Cc1ncnn2ccc(N3CCNCC3)c12. The molecule has 0 bridgehead atoms. The highest BCUT2D eigenvalue weighted by molar-refractivity contribution is 5.76. The molecule has 0 aliphatic carbocycles. The van der Waals surface area contributed by atoms with Crippen LogP contribution in [0, 0.1) is 20.8 Å². The zero-order chi connectivity index (χ0) is 25.1. The van der Waals surface area contributed by atoms with Crippen LogP contribution < -0.4 is 10.2 Å². The van der Waals surface area contributed by atoms with Gasteiger partial charge in [0.2, 0.25) is 0 Å². The minimum Gasteiger partial charge on any atom is -0.367 e. The molecular weight excluding hydrogens is 448 g/mol. The lowest BCUT2D eigenvalue weighted by Gasteiger charge is -2.28. The molecule has 1 aromatic carbocycles. The molecule has 186 valence electrons. The highest BCUT2D eigenvalue weighted by Crippen LogP contribution is 2.31. The Hall–Kier alpha value is -3.78. The Kier molecular flexibility index (Phi) is 6.95. The van der Waals surface area contributed by atoms with E-state index in [2.05, 4.69) is 87.6 Å². The van der Waals surface area contributed by atoms with Gasteiger partial charge in [0, 0.05) is 44.5 Å². The third kappa shape index (κ3) is 4.81. The predicted octanol–water partition coefficient (Wildman–Crippen LogP) is 4.34. The molecule has 1 aliphatic rings. The van der Waals surface area contributed by atoms with E-state index >= 15 is 0 Å². The zero-order valence-electron chi connectivity index (χ0n) is 21.5. The number of rotatable bonds is 4. The molecule has 0 spiro atoms. The number of pyridine rings is 1. The summed E-state index contributed by atoms with van der Waals surface area (Å²) >= 11 is 0. The van der Waals surface area contributed by atoms with Crippen LogP contribution in [0.3, 0.4) is 0 Å². The van der Waals surface area contributed by atoms with Crippen LogP contribution in [0.1, 0.15) is 47.2 Å². The average Bonchev–Trinajstić information content (AvgIpc) is 3.54. The zero-order valence-corrected chi connectivity index (χ0v) is 21.5. The normalized spacial score (nSPS) is 14.6. The summed E-state index contributed by atoms with van der Waals surface area (Å²) in [6.07, 6.45) is 8.26. The van der Waals surface area contributed by atoms with E-state index in [9.17, 15) is 0 Å². The molecule has 8 heteroatoms. The molecule has 0 saturated carbocycles. The number of hydrogen-bond acceptors (Lipinski definition) is 6. The second-order valence-corrected chi connectivity index (χ2v) is 9.42. The first-order valence-electron chi connectivity index (χ1n) is 12.7. The van der Waals surface area contributed by atoms with Gasteiger partial charge >= 0.3 is 0 Å². The number of nitrogens with zero attached hydrogens (tertiary/aromatic N) is 7. The lowest BCUT2D eigenvalue weighted by atomic mass is 9.86. The van der Waals surface area contributed by atoms with Crippen LogP contribution in [-0.2, 0) is 0 Å².